The highest BCUT2D eigenvalue weighted by atomic mass is 32.2. The number of allylic oxidation sites excluding steroid dienone is 1. The first-order valence-corrected chi connectivity index (χ1v) is 8.66. The molecule has 9 nitrogen and oxygen atoms in total. The molecule has 0 atom stereocenters. The summed E-state index contributed by atoms with van der Waals surface area (Å²) in [5.41, 5.74) is -0.0462. The van der Waals surface area contributed by atoms with Gasteiger partial charge in [-0.2, -0.15) is 5.10 Å². The second-order valence-electron chi connectivity index (χ2n) is 5.17. The maximum Gasteiger partial charge on any atom is 0.307 e. The van der Waals surface area contributed by atoms with Crippen LogP contribution < -0.4 is 4.74 Å². The molecule has 0 aliphatic heterocycles. The van der Waals surface area contributed by atoms with E-state index in [1.165, 1.54) is 28.8 Å². The number of nitrogens with zero attached hydrogens (tertiary/aromatic N) is 6. The second-order valence-corrected chi connectivity index (χ2v) is 6.08. The minimum atomic E-state index is -0.479. The fraction of sp³-hybridized carbons (Fsp3) is 0.188. The number of benzene rings is 1. The summed E-state index contributed by atoms with van der Waals surface area (Å²) in [6, 6.07) is 9.45. The molecule has 0 saturated heterocycles. The zero-order chi connectivity index (χ0) is 18.4. The van der Waals surface area contributed by atoms with E-state index < -0.39 is 4.92 Å². The molecule has 10 heteroatoms. The van der Waals surface area contributed by atoms with Gasteiger partial charge in [-0.15, -0.1) is 16.8 Å². The summed E-state index contributed by atoms with van der Waals surface area (Å²) in [5.74, 6) is 1.80. The summed E-state index contributed by atoms with van der Waals surface area (Å²) in [6.07, 6.45) is 4.34. The molecule has 0 saturated carbocycles. The first-order chi connectivity index (χ1) is 12.7. The molecule has 0 N–H and O–H groups in total. The van der Waals surface area contributed by atoms with Gasteiger partial charge in [-0.3, -0.25) is 19.4 Å². The van der Waals surface area contributed by atoms with Gasteiger partial charge in [0, 0.05) is 6.54 Å². The van der Waals surface area contributed by atoms with Crippen LogP contribution >= 0.6 is 11.8 Å². The van der Waals surface area contributed by atoms with Crippen LogP contribution in [-0.4, -0.2) is 29.5 Å². The lowest BCUT2D eigenvalue weighted by atomic mass is 10.3. The van der Waals surface area contributed by atoms with Gasteiger partial charge in [-0.25, -0.2) is 0 Å². The fourth-order valence-corrected chi connectivity index (χ4v) is 2.97. The number of ether oxygens (including phenoxy) is 1. The highest BCUT2D eigenvalue weighted by molar-refractivity contribution is 7.98. The van der Waals surface area contributed by atoms with Crippen molar-refractivity contribution in [2.75, 3.05) is 0 Å². The lowest BCUT2D eigenvalue weighted by Crippen LogP contribution is -2.08. The molecule has 2 heterocycles. The highest BCUT2D eigenvalue weighted by Gasteiger charge is 2.14. The number of hydrogen-bond donors (Lipinski definition) is 0. The van der Waals surface area contributed by atoms with E-state index in [-0.39, 0.29) is 12.3 Å². The van der Waals surface area contributed by atoms with Gasteiger partial charge in [-0.1, -0.05) is 36.0 Å². The third kappa shape index (κ3) is 4.28. The molecule has 0 aliphatic rings. The van der Waals surface area contributed by atoms with E-state index in [1.807, 2.05) is 34.9 Å². The Hall–Kier alpha value is -3.14. The first-order valence-electron chi connectivity index (χ1n) is 7.68. The molecule has 134 valence electrons. The Balaban J connectivity index is 1.67. The Morgan fingerprint density at radius 2 is 2.12 bits per heavy atom. The average molecular weight is 372 g/mol. The highest BCUT2D eigenvalue weighted by Crippen LogP contribution is 2.21. The van der Waals surface area contributed by atoms with Crippen molar-refractivity contribution >= 4 is 17.4 Å². The molecule has 2 aromatic heterocycles. The SMILES string of the molecule is C=CCn1c(COc2ccccc2)nnc1SCn1cc([N+](=O)[O-])cn1. The molecule has 0 aliphatic carbocycles. The molecule has 0 spiro atoms. The quantitative estimate of drug-likeness (QED) is 0.246. The second kappa shape index (κ2) is 8.30. The standard InChI is InChI=1S/C16H16N6O3S/c1-2-8-21-15(11-25-14-6-4-3-5-7-14)18-19-16(21)26-12-20-10-13(9-17-20)22(23)24/h2-7,9-10H,1,8,11-12H2. The molecule has 0 radical (unpaired) electrons. The monoisotopic (exact) mass is 372 g/mol. The van der Waals surface area contributed by atoms with E-state index in [2.05, 4.69) is 21.9 Å². The van der Waals surface area contributed by atoms with Crippen molar-refractivity contribution in [1.29, 1.82) is 0 Å². The maximum absolute atomic E-state index is 10.7. The van der Waals surface area contributed by atoms with Gasteiger partial charge in [-0.05, 0) is 12.1 Å². The molecule has 1 aromatic carbocycles. The molecule has 0 unspecified atom stereocenters. The molecular formula is C16H16N6O3S. The van der Waals surface area contributed by atoms with Crippen LogP contribution in [0.4, 0.5) is 5.69 Å². The largest absolute Gasteiger partial charge is 0.486 e. The fourth-order valence-electron chi connectivity index (χ4n) is 2.15. The van der Waals surface area contributed by atoms with E-state index in [1.54, 1.807) is 6.08 Å². The minimum absolute atomic E-state index is 0.0462. The number of nitro groups is 1. The van der Waals surface area contributed by atoms with E-state index in [0.717, 1.165) is 5.75 Å². The van der Waals surface area contributed by atoms with Crippen LogP contribution in [0.2, 0.25) is 0 Å². The van der Waals surface area contributed by atoms with Crippen LogP contribution in [0.15, 0.2) is 60.5 Å². The van der Waals surface area contributed by atoms with Crippen LogP contribution in [0.1, 0.15) is 5.82 Å². The Bertz CT molecular complexity index is 893. The number of thioether (sulfide) groups is 1. The smallest absolute Gasteiger partial charge is 0.307 e. The first kappa shape index (κ1) is 17.7. The minimum Gasteiger partial charge on any atom is -0.486 e. The predicted molar refractivity (Wildman–Crippen MR) is 95.7 cm³/mol. The Labute approximate surface area is 153 Å². The topological polar surface area (TPSA) is 101 Å². The van der Waals surface area contributed by atoms with Crippen molar-refractivity contribution in [3.05, 3.63) is 71.3 Å². The van der Waals surface area contributed by atoms with Gasteiger partial charge in [0.05, 0.1) is 10.8 Å². The van der Waals surface area contributed by atoms with Gasteiger partial charge < -0.3 is 4.74 Å². The summed E-state index contributed by atoms with van der Waals surface area (Å²) >= 11 is 1.37. The zero-order valence-electron chi connectivity index (χ0n) is 13.8. The van der Waals surface area contributed by atoms with Gasteiger partial charge in [0.1, 0.15) is 24.8 Å². The Morgan fingerprint density at radius 1 is 1.31 bits per heavy atom. The number of para-hydroxylation sites is 1. The van der Waals surface area contributed by atoms with Crippen molar-refractivity contribution in [2.45, 2.75) is 24.2 Å². The van der Waals surface area contributed by atoms with E-state index in [4.69, 9.17) is 4.74 Å². The molecular weight excluding hydrogens is 356 g/mol. The molecule has 0 bridgehead atoms. The Morgan fingerprint density at radius 3 is 2.81 bits per heavy atom. The van der Waals surface area contributed by atoms with Crippen molar-refractivity contribution < 1.29 is 9.66 Å². The summed E-state index contributed by atoms with van der Waals surface area (Å²) < 4.78 is 9.09. The van der Waals surface area contributed by atoms with Crippen molar-refractivity contribution in [3.8, 4) is 5.75 Å². The average Bonchev–Trinajstić information content (AvgIpc) is 3.27. The zero-order valence-corrected chi connectivity index (χ0v) is 14.6. The van der Waals surface area contributed by atoms with Crippen molar-refractivity contribution in [1.82, 2.24) is 24.5 Å². The predicted octanol–water partition coefficient (Wildman–Crippen LogP) is 2.90. The lowest BCUT2D eigenvalue weighted by Gasteiger charge is -2.09. The number of hydrogen-bond acceptors (Lipinski definition) is 7. The van der Waals surface area contributed by atoms with Gasteiger partial charge in [0.2, 0.25) is 0 Å². The molecule has 26 heavy (non-hydrogen) atoms. The third-order valence-electron chi connectivity index (χ3n) is 3.37. The molecule has 3 rings (SSSR count). The summed E-state index contributed by atoms with van der Waals surface area (Å²) in [5, 5.41) is 23.7. The van der Waals surface area contributed by atoms with Gasteiger partial charge >= 0.3 is 5.69 Å². The van der Waals surface area contributed by atoms with Crippen LogP contribution in [-0.2, 0) is 19.0 Å². The number of rotatable bonds is 9. The van der Waals surface area contributed by atoms with Crippen LogP contribution in [0.5, 0.6) is 5.75 Å². The lowest BCUT2D eigenvalue weighted by molar-refractivity contribution is -0.385. The molecule has 0 amide bonds. The normalized spacial score (nSPS) is 10.6. The Kier molecular flexibility index (Phi) is 5.64. The van der Waals surface area contributed by atoms with Crippen molar-refractivity contribution in [2.24, 2.45) is 0 Å². The van der Waals surface area contributed by atoms with E-state index in [9.17, 15) is 10.1 Å². The van der Waals surface area contributed by atoms with Crippen molar-refractivity contribution in [3.63, 3.8) is 0 Å². The summed E-state index contributed by atoms with van der Waals surface area (Å²) in [7, 11) is 0. The summed E-state index contributed by atoms with van der Waals surface area (Å²) in [6.45, 7) is 4.56. The summed E-state index contributed by atoms with van der Waals surface area (Å²) in [4.78, 5) is 10.2. The molecule has 3 aromatic rings. The van der Waals surface area contributed by atoms with E-state index >= 15 is 0 Å². The van der Waals surface area contributed by atoms with Gasteiger partial charge in [0.25, 0.3) is 0 Å². The van der Waals surface area contributed by atoms with E-state index in [0.29, 0.717) is 23.4 Å². The molecule has 0 fully saturated rings. The van der Waals surface area contributed by atoms with Gasteiger partial charge in [0.15, 0.2) is 11.0 Å². The maximum atomic E-state index is 10.7. The third-order valence-corrected chi connectivity index (χ3v) is 4.33. The number of aromatic nitrogens is 5. The van der Waals surface area contributed by atoms with Crippen LogP contribution in [0.3, 0.4) is 0 Å². The van der Waals surface area contributed by atoms with Crippen LogP contribution in [0.25, 0.3) is 0 Å². The van der Waals surface area contributed by atoms with Crippen LogP contribution in [0, 0.1) is 10.1 Å².